The highest BCUT2D eigenvalue weighted by atomic mass is 16.5. The number of nitrogens with one attached hydrogen (secondary N) is 1. The van der Waals surface area contributed by atoms with Crippen LogP contribution in [0.3, 0.4) is 0 Å². The van der Waals surface area contributed by atoms with Gasteiger partial charge in [-0.2, -0.15) is 0 Å². The first kappa shape index (κ1) is 17.6. The van der Waals surface area contributed by atoms with Gasteiger partial charge >= 0.3 is 5.97 Å². The van der Waals surface area contributed by atoms with E-state index in [9.17, 15) is 9.59 Å². The fourth-order valence-electron chi connectivity index (χ4n) is 1.60. The largest absolute Gasteiger partial charge is 0.465 e. The third kappa shape index (κ3) is 5.14. The number of benzene rings is 1. The standard InChI is InChI=1S/C14H14N2O4.C2H6/c1-19-14(18)11-7-15-12(16-13(11)17)9-20-8-10-5-3-2-4-6-10;1-2/h2-7H,8-9H2,1H3,(H,15,16,17);1-2H3. The quantitative estimate of drug-likeness (QED) is 0.857. The lowest BCUT2D eigenvalue weighted by atomic mass is 10.2. The molecular weight excluding hydrogens is 284 g/mol. The van der Waals surface area contributed by atoms with Gasteiger partial charge in [0.05, 0.1) is 13.7 Å². The van der Waals surface area contributed by atoms with Crippen LogP contribution in [0.1, 0.15) is 35.6 Å². The molecular formula is C16H20N2O4. The second kappa shape index (κ2) is 9.46. The molecule has 2 aromatic rings. The van der Waals surface area contributed by atoms with E-state index < -0.39 is 11.5 Å². The van der Waals surface area contributed by atoms with Crippen molar-refractivity contribution in [2.75, 3.05) is 7.11 Å². The molecule has 1 aromatic heterocycles. The molecule has 0 saturated carbocycles. The summed E-state index contributed by atoms with van der Waals surface area (Å²) in [4.78, 5) is 29.3. The molecule has 0 aliphatic carbocycles. The van der Waals surface area contributed by atoms with Gasteiger partial charge in [0.1, 0.15) is 18.0 Å². The number of aromatic amines is 1. The molecule has 0 aliphatic heterocycles. The van der Waals surface area contributed by atoms with Gasteiger partial charge in [-0.05, 0) is 5.56 Å². The highest BCUT2D eigenvalue weighted by molar-refractivity contribution is 5.88. The Labute approximate surface area is 129 Å². The summed E-state index contributed by atoms with van der Waals surface area (Å²) in [5.74, 6) is -0.353. The lowest BCUT2D eigenvalue weighted by molar-refractivity contribution is 0.0597. The molecule has 0 aliphatic rings. The monoisotopic (exact) mass is 304 g/mol. The molecule has 22 heavy (non-hydrogen) atoms. The Morgan fingerprint density at radius 3 is 2.45 bits per heavy atom. The van der Waals surface area contributed by atoms with Gasteiger partial charge in [0.25, 0.3) is 5.56 Å². The predicted molar refractivity (Wildman–Crippen MR) is 82.5 cm³/mol. The zero-order valence-electron chi connectivity index (χ0n) is 13.0. The number of methoxy groups -OCH3 is 1. The molecule has 6 heteroatoms. The van der Waals surface area contributed by atoms with Crippen molar-refractivity contribution in [3.8, 4) is 0 Å². The molecule has 6 nitrogen and oxygen atoms in total. The Hall–Kier alpha value is -2.47. The van der Waals surface area contributed by atoms with E-state index in [1.54, 1.807) is 0 Å². The van der Waals surface area contributed by atoms with Gasteiger partial charge < -0.3 is 14.5 Å². The molecule has 2 rings (SSSR count). The number of carbonyl (C=O) groups excluding carboxylic acids is 1. The maximum atomic E-state index is 11.6. The normalized spacial score (nSPS) is 9.59. The van der Waals surface area contributed by atoms with Gasteiger partial charge in [0, 0.05) is 6.20 Å². The molecule has 1 aromatic carbocycles. The van der Waals surface area contributed by atoms with Crippen molar-refractivity contribution in [1.82, 2.24) is 9.97 Å². The lowest BCUT2D eigenvalue weighted by Crippen LogP contribution is -2.21. The van der Waals surface area contributed by atoms with Crippen molar-refractivity contribution in [3.63, 3.8) is 0 Å². The van der Waals surface area contributed by atoms with E-state index in [1.807, 2.05) is 44.2 Å². The van der Waals surface area contributed by atoms with Gasteiger partial charge in [-0.1, -0.05) is 44.2 Å². The third-order valence-corrected chi connectivity index (χ3v) is 2.61. The highest BCUT2D eigenvalue weighted by Gasteiger charge is 2.11. The Kier molecular flexibility index (Phi) is 7.56. The first-order valence-electron chi connectivity index (χ1n) is 6.99. The smallest absolute Gasteiger partial charge is 0.345 e. The average molecular weight is 304 g/mol. The fraction of sp³-hybridized carbons (Fsp3) is 0.312. The number of hydrogen-bond acceptors (Lipinski definition) is 5. The minimum absolute atomic E-state index is 0.126. The topological polar surface area (TPSA) is 81.3 Å². The van der Waals surface area contributed by atoms with Crippen molar-refractivity contribution < 1.29 is 14.3 Å². The number of esters is 1. The summed E-state index contributed by atoms with van der Waals surface area (Å²) < 4.78 is 9.90. The first-order valence-corrected chi connectivity index (χ1v) is 6.99. The van der Waals surface area contributed by atoms with Crippen LogP contribution in [-0.4, -0.2) is 23.0 Å². The number of hydrogen-bond donors (Lipinski definition) is 1. The van der Waals surface area contributed by atoms with Crippen molar-refractivity contribution in [2.45, 2.75) is 27.1 Å². The average Bonchev–Trinajstić information content (AvgIpc) is 2.57. The van der Waals surface area contributed by atoms with E-state index in [2.05, 4.69) is 14.7 Å². The van der Waals surface area contributed by atoms with Gasteiger partial charge in [-0.25, -0.2) is 9.78 Å². The molecule has 1 N–H and O–H groups in total. The molecule has 0 spiro atoms. The Balaban J connectivity index is 0.00000116. The zero-order chi connectivity index (χ0) is 16.4. The van der Waals surface area contributed by atoms with Gasteiger partial charge in [-0.3, -0.25) is 4.79 Å². The number of rotatable bonds is 5. The van der Waals surface area contributed by atoms with Crippen LogP contribution in [0.25, 0.3) is 0 Å². The summed E-state index contributed by atoms with van der Waals surface area (Å²) in [6.07, 6.45) is 1.19. The molecule has 1 heterocycles. The number of nitrogens with zero attached hydrogens (tertiary/aromatic N) is 1. The third-order valence-electron chi connectivity index (χ3n) is 2.61. The van der Waals surface area contributed by atoms with E-state index in [4.69, 9.17) is 4.74 Å². The van der Waals surface area contributed by atoms with Crippen molar-refractivity contribution in [1.29, 1.82) is 0 Å². The van der Waals surface area contributed by atoms with Crippen LogP contribution < -0.4 is 5.56 Å². The fourth-order valence-corrected chi connectivity index (χ4v) is 1.60. The van der Waals surface area contributed by atoms with Crippen LogP contribution in [0.15, 0.2) is 41.3 Å². The van der Waals surface area contributed by atoms with Crippen LogP contribution >= 0.6 is 0 Å². The van der Waals surface area contributed by atoms with Crippen LogP contribution in [0.4, 0.5) is 0 Å². The summed E-state index contributed by atoms with van der Waals surface area (Å²) in [5, 5.41) is 0. The van der Waals surface area contributed by atoms with Gasteiger partial charge in [-0.15, -0.1) is 0 Å². The molecule has 0 bridgehead atoms. The Bertz CT molecular complexity index is 638. The van der Waals surface area contributed by atoms with Gasteiger partial charge in [0.2, 0.25) is 0 Å². The SMILES string of the molecule is CC.COC(=O)c1cnc(COCc2ccccc2)[nH]c1=O. The van der Waals surface area contributed by atoms with Crippen LogP contribution in [0.2, 0.25) is 0 Å². The van der Waals surface area contributed by atoms with Crippen molar-refractivity contribution >= 4 is 5.97 Å². The van der Waals surface area contributed by atoms with E-state index in [0.29, 0.717) is 12.4 Å². The molecule has 0 atom stereocenters. The number of ether oxygens (including phenoxy) is 2. The van der Waals surface area contributed by atoms with E-state index in [0.717, 1.165) is 5.56 Å². The summed E-state index contributed by atoms with van der Waals surface area (Å²) in [5.41, 5.74) is 0.366. The molecule has 118 valence electrons. The van der Waals surface area contributed by atoms with Gasteiger partial charge in [0.15, 0.2) is 0 Å². The van der Waals surface area contributed by atoms with Crippen LogP contribution in [-0.2, 0) is 22.7 Å². The van der Waals surface area contributed by atoms with Crippen molar-refractivity contribution in [3.05, 3.63) is 63.8 Å². The molecule has 0 saturated heterocycles. The summed E-state index contributed by atoms with van der Waals surface area (Å²) in [6.45, 7) is 4.58. The second-order valence-electron chi connectivity index (χ2n) is 4.04. The molecule has 0 amide bonds. The Morgan fingerprint density at radius 1 is 1.18 bits per heavy atom. The maximum Gasteiger partial charge on any atom is 0.345 e. The Morgan fingerprint density at radius 2 is 1.86 bits per heavy atom. The number of carbonyl (C=O) groups is 1. The van der Waals surface area contributed by atoms with E-state index >= 15 is 0 Å². The minimum atomic E-state index is -0.712. The molecule has 0 fully saturated rings. The van der Waals surface area contributed by atoms with E-state index in [1.165, 1.54) is 13.3 Å². The minimum Gasteiger partial charge on any atom is -0.465 e. The number of aromatic nitrogens is 2. The molecule has 0 unspecified atom stereocenters. The zero-order valence-corrected chi connectivity index (χ0v) is 13.0. The van der Waals surface area contributed by atoms with Crippen molar-refractivity contribution in [2.24, 2.45) is 0 Å². The highest BCUT2D eigenvalue weighted by Crippen LogP contribution is 2.02. The van der Waals surface area contributed by atoms with E-state index in [-0.39, 0.29) is 12.2 Å². The van der Waals surface area contributed by atoms with Crippen LogP contribution in [0.5, 0.6) is 0 Å². The van der Waals surface area contributed by atoms with Crippen LogP contribution in [0, 0.1) is 0 Å². The number of H-pyrrole nitrogens is 1. The predicted octanol–water partition coefficient (Wildman–Crippen LogP) is 2.30. The lowest BCUT2D eigenvalue weighted by Gasteiger charge is -2.04. The maximum absolute atomic E-state index is 11.6. The summed E-state index contributed by atoms with van der Waals surface area (Å²) >= 11 is 0. The summed E-state index contributed by atoms with van der Waals surface area (Å²) in [6, 6.07) is 9.65. The summed E-state index contributed by atoms with van der Waals surface area (Å²) in [7, 11) is 1.21. The second-order valence-corrected chi connectivity index (χ2v) is 4.04. The first-order chi connectivity index (χ1) is 10.7. The molecule has 0 radical (unpaired) electrons.